The second-order valence-electron chi connectivity index (χ2n) is 11.0. The molecule has 0 aliphatic carbocycles. The van der Waals surface area contributed by atoms with Crippen LogP contribution in [0.3, 0.4) is 0 Å². The standard InChI is InChI=1S/C34H36N2O2/c1-5-33(4)34(6-2,20-13-22-35-21-10-9-18-28(35)25-15-8-7-14-24(25)3)27-17-11-19-29-30(27)31-26(32(37)38-29)16-12-23-36(31)33/h7-12,14-19,21,23H,5-6,13,20,22H2,1-4H3/q+2. The Kier molecular flexibility index (Phi) is 5.94. The van der Waals surface area contributed by atoms with Crippen LogP contribution in [-0.4, -0.2) is 0 Å². The van der Waals surface area contributed by atoms with Crippen molar-refractivity contribution in [3.05, 3.63) is 107 Å². The van der Waals surface area contributed by atoms with Crippen LogP contribution in [0.5, 0.6) is 0 Å². The van der Waals surface area contributed by atoms with Crippen molar-refractivity contribution >= 4 is 21.9 Å². The molecule has 6 rings (SSSR count). The Morgan fingerprint density at radius 1 is 0.868 bits per heavy atom. The molecule has 0 amide bonds. The Hall–Kier alpha value is -3.79. The fraction of sp³-hybridized carbons (Fsp3) is 0.324. The van der Waals surface area contributed by atoms with Crippen molar-refractivity contribution in [3.8, 4) is 11.3 Å². The monoisotopic (exact) mass is 504 g/mol. The maximum atomic E-state index is 12.9. The number of aryl methyl sites for hydroxylation is 2. The first-order chi connectivity index (χ1) is 18.4. The Balaban J connectivity index is 1.47. The summed E-state index contributed by atoms with van der Waals surface area (Å²) >= 11 is 0. The van der Waals surface area contributed by atoms with Crippen LogP contribution in [0.15, 0.2) is 94.4 Å². The summed E-state index contributed by atoms with van der Waals surface area (Å²) < 4.78 is 10.7. The van der Waals surface area contributed by atoms with Crippen LogP contribution < -0.4 is 14.8 Å². The van der Waals surface area contributed by atoms with E-state index in [0.29, 0.717) is 11.0 Å². The summed E-state index contributed by atoms with van der Waals surface area (Å²) in [6.07, 6.45) is 8.42. The number of pyridine rings is 2. The highest BCUT2D eigenvalue weighted by atomic mass is 16.4. The van der Waals surface area contributed by atoms with Gasteiger partial charge in [-0.25, -0.2) is 4.79 Å². The predicted octanol–water partition coefficient (Wildman–Crippen LogP) is 6.76. The van der Waals surface area contributed by atoms with Gasteiger partial charge in [0.2, 0.25) is 11.2 Å². The zero-order valence-electron chi connectivity index (χ0n) is 22.8. The van der Waals surface area contributed by atoms with Gasteiger partial charge in [0.25, 0.3) is 0 Å². The van der Waals surface area contributed by atoms with Crippen LogP contribution in [-0.2, 0) is 17.5 Å². The van der Waals surface area contributed by atoms with Crippen molar-refractivity contribution < 1.29 is 13.6 Å². The van der Waals surface area contributed by atoms with E-state index in [4.69, 9.17) is 4.42 Å². The third kappa shape index (κ3) is 3.39. The van der Waals surface area contributed by atoms with Gasteiger partial charge < -0.3 is 4.42 Å². The zero-order valence-corrected chi connectivity index (χ0v) is 22.8. The van der Waals surface area contributed by atoms with Crippen molar-refractivity contribution in [2.45, 2.75) is 70.9 Å². The fourth-order valence-corrected chi connectivity index (χ4v) is 7.26. The fourth-order valence-electron chi connectivity index (χ4n) is 7.26. The average Bonchev–Trinajstić information content (AvgIpc) is 2.95. The van der Waals surface area contributed by atoms with Crippen molar-refractivity contribution in [2.75, 3.05) is 0 Å². The lowest BCUT2D eigenvalue weighted by atomic mass is 9.58. The van der Waals surface area contributed by atoms with Crippen molar-refractivity contribution in [1.82, 2.24) is 0 Å². The molecule has 2 atom stereocenters. The maximum absolute atomic E-state index is 12.9. The minimum Gasteiger partial charge on any atom is -0.422 e. The minimum absolute atomic E-state index is 0.106. The molecule has 2 unspecified atom stereocenters. The molecule has 5 aromatic rings. The molecular formula is C34H36N2O2+2. The van der Waals surface area contributed by atoms with Gasteiger partial charge in [-0.1, -0.05) is 44.2 Å². The van der Waals surface area contributed by atoms with E-state index in [1.54, 1.807) is 0 Å². The van der Waals surface area contributed by atoms with Gasteiger partial charge in [0.05, 0.1) is 10.8 Å². The molecule has 2 aromatic carbocycles. The number of benzene rings is 2. The molecule has 0 saturated carbocycles. The zero-order chi connectivity index (χ0) is 26.5. The number of hydrogen-bond donors (Lipinski definition) is 0. The summed E-state index contributed by atoms with van der Waals surface area (Å²) in [6.45, 7) is 10.1. The van der Waals surface area contributed by atoms with E-state index in [2.05, 4.69) is 104 Å². The molecule has 192 valence electrons. The van der Waals surface area contributed by atoms with Crippen LogP contribution in [0.4, 0.5) is 0 Å². The first-order valence-corrected chi connectivity index (χ1v) is 13.9. The Bertz CT molecular complexity index is 1740. The third-order valence-electron chi connectivity index (χ3n) is 9.41. The highest BCUT2D eigenvalue weighted by molar-refractivity contribution is 6.03. The molecular weight excluding hydrogens is 468 g/mol. The molecule has 0 N–H and O–H groups in total. The highest BCUT2D eigenvalue weighted by Crippen LogP contribution is 2.51. The molecule has 0 fully saturated rings. The quantitative estimate of drug-likeness (QED) is 0.139. The van der Waals surface area contributed by atoms with Gasteiger partial charge in [-0.15, -0.1) is 0 Å². The molecule has 0 spiro atoms. The van der Waals surface area contributed by atoms with Gasteiger partial charge in [-0.05, 0) is 55.2 Å². The molecule has 0 radical (unpaired) electrons. The lowest BCUT2D eigenvalue weighted by molar-refractivity contribution is -0.752. The lowest BCUT2D eigenvalue weighted by Crippen LogP contribution is -2.67. The van der Waals surface area contributed by atoms with E-state index in [1.807, 2.05) is 18.2 Å². The molecule has 0 saturated heterocycles. The first-order valence-electron chi connectivity index (χ1n) is 13.9. The SMILES string of the molecule is CCC1(CCC[n+]2ccccc2-c2ccccc2C)c2cccc3oc(=O)c4ccc[n+](c4c23)C1(C)CC. The lowest BCUT2D eigenvalue weighted by Gasteiger charge is -2.47. The van der Waals surface area contributed by atoms with E-state index < -0.39 is 0 Å². The molecule has 38 heavy (non-hydrogen) atoms. The Morgan fingerprint density at radius 2 is 1.68 bits per heavy atom. The van der Waals surface area contributed by atoms with Crippen LogP contribution in [0, 0.1) is 6.92 Å². The van der Waals surface area contributed by atoms with Crippen LogP contribution in [0.2, 0.25) is 0 Å². The molecule has 4 heteroatoms. The van der Waals surface area contributed by atoms with Gasteiger partial charge in [-0.3, -0.25) is 0 Å². The number of aromatic nitrogens is 2. The minimum atomic E-state index is -0.259. The Morgan fingerprint density at radius 3 is 2.47 bits per heavy atom. The van der Waals surface area contributed by atoms with Gasteiger partial charge in [-0.2, -0.15) is 9.13 Å². The molecule has 4 heterocycles. The van der Waals surface area contributed by atoms with E-state index >= 15 is 0 Å². The normalized spacial score (nSPS) is 20.4. The predicted molar refractivity (Wildman–Crippen MR) is 152 cm³/mol. The van der Waals surface area contributed by atoms with Crippen molar-refractivity contribution in [2.24, 2.45) is 0 Å². The summed E-state index contributed by atoms with van der Waals surface area (Å²) in [5, 5.41) is 1.77. The van der Waals surface area contributed by atoms with Gasteiger partial charge >= 0.3 is 5.63 Å². The van der Waals surface area contributed by atoms with E-state index in [-0.39, 0.29) is 16.6 Å². The number of rotatable bonds is 7. The third-order valence-corrected chi connectivity index (χ3v) is 9.41. The maximum Gasteiger partial charge on any atom is 0.350 e. The second-order valence-corrected chi connectivity index (χ2v) is 11.0. The van der Waals surface area contributed by atoms with Crippen molar-refractivity contribution in [3.63, 3.8) is 0 Å². The summed E-state index contributed by atoms with van der Waals surface area (Å²) in [7, 11) is 0. The van der Waals surface area contributed by atoms with Crippen molar-refractivity contribution in [1.29, 1.82) is 0 Å². The number of hydrogen-bond acceptors (Lipinski definition) is 2. The van der Waals surface area contributed by atoms with Gasteiger partial charge in [0.15, 0.2) is 17.9 Å². The van der Waals surface area contributed by atoms with Crippen LogP contribution >= 0.6 is 0 Å². The average molecular weight is 505 g/mol. The molecule has 3 aromatic heterocycles. The summed E-state index contributed by atoms with van der Waals surface area (Å²) in [6, 6.07) is 25.3. The molecule has 1 aliphatic heterocycles. The Labute approximate surface area is 224 Å². The molecule has 4 nitrogen and oxygen atoms in total. The smallest absolute Gasteiger partial charge is 0.350 e. The van der Waals surface area contributed by atoms with Crippen LogP contribution in [0.25, 0.3) is 33.1 Å². The second kappa shape index (κ2) is 9.20. The van der Waals surface area contributed by atoms with Gasteiger partial charge in [0, 0.05) is 43.5 Å². The molecule has 1 aliphatic rings. The van der Waals surface area contributed by atoms with Crippen LogP contribution in [0.1, 0.15) is 57.6 Å². The number of nitrogens with zero attached hydrogens (tertiary/aromatic N) is 2. The first kappa shape index (κ1) is 24.5. The van der Waals surface area contributed by atoms with Gasteiger partial charge in [0.1, 0.15) is 17.5 Å². The topological polar surface area (TPSA) is 38.0 Å². The highest BCUT2D eigenvalue weighted by Gasteiger charge is 2.58. The van der Waals surface area contributed by atoms with E-state index in [0.717, 1.165) is 43.1 Å². The van der Waals surface area contributed by atoms with E-state index in [9.17, 15) is 4.79 Å². The summed E-state index contributed by atoms with van der Waals surface area (Å²) in [4.78, 5) is 12.9. The summed E-state index contributed by atoms with van der Waals surface area (Å²) in [5.74, 6) is 0. The largest absolute Gasteiger partial charge is 0.422 e. The molecule has 0 bridgehead atoms. The van der Waals surface area contributed by atoms with E-state index in [1.165, 1.54) is 22.4 Å². The summed E-state index contributed by atoms with van der Waals surface area (Å²) in [5.41, 5.74) is 6.30.